The number of nitrogens with one attached hydrogen (secondary N) is 1. The lowest BCUT2D eigenvalue weighted by Crippen LogP contribution is -2.01. The van der Waals surface area contributed by atoms with Crippen LogP contribution in [0, 0.1) is 6.92 Å². The molecule has 0 saturated heterocycles. The summed E-state index contributed by atoms with van der Waals surface area (Å²) in [5.74, 6) is 0. The van der Waals surface area contributed by atoms with Gasteiger partial charge in [-0.3, -0.25) is 4.98 Å². The number of aryl methyl sites for hydroxylation is 1. The van der Waals surface area contributed by atoms with Gasteiger partial charge in [-0.1, -0.05) is 23.7 Å². The summed E-state index contributed by atoms with van der Waals surface area (Å²) in [7, 11) is 0. The Morgan fingerprint density at radius 2 is 1.86 bits per heavy atom. The van der Waals surface area contributed by atoms with Crippen LogP contribution in [0.5, 0.6) is 0 Å². The fraction of sp³-hybridized carbons (Fsp3) is 0.118. The smallest absolute Gasteiger partial charge is 0.0425 e. The van der Waals surface area contributed by atoms with Crippen molar-refractivity contribution in [3.05, 3.63) is 64.9 Å². The summed E-state index contributed by atoms with van der Waals surface area (Å²) >= 11 is 5.90. The number of pyridine rings is 1. The van der Waals surface area contributed by atoms with E-state index in [1.807, 2.05) is 49.5 Å². The van der Waals surface area contributed by atoms with E-state index >= 15 is 0 Å². The number of nitrogen functional groups attached to an aromatic ring is 1. The largest absolute Gasteiger partial charge is 0.398 e. The summed E-state index contributed by atoms with van der Waals surface area (Å²) in [5, 5.41) is 6.27. The highest BCUT2D eigenvalue weighted by molar-refractivity contribution is 6.30. The van der Waals surface area contributed by atoms with Crippen molar-refractivity contribution in [3.63, 3.8) is 0 Å². The molecule has 0 amide bonds. The topological polar surface area (TPSA) is 50.9 Å². The van der Waals surface area contributed by atoms with Crippen molar-refractivity contribution >= 4 is 33.7 Å². The Kier molecular flexibility index (Phi) is 3.67. The summed E-state index contributed by atoms with van der Waals surface area (Å²) in [5.41, 5.74) is 9.97. The molecule has 0 aliphatic heterocycles. The zero-order valence-corrected chi connectivity index (χ0v) is 12.5. The number of nitrogens with zero attached hydrogens (tertiary/aromatic N) is 1. The van der Waals surface area contributed by atoms with E-state index in [4.69, 9.17) is 17.3 Å². The van der Waals surface area contributed by atoms with Crippen molar-refractivity contribution in [1.29, 1.82) is 0 Å². The van der Waals surface area contributed by atoms with Gasteiger partial charge in [0.2, 0.25) is 0 Å². The molecule has 3 aromatic rings. The second-order valence-corrected chi connectivity index (χ2v) is 5.49. The highest BCUT2D eigenvalue weighted by atomic mass is 35.5. The first-order chi connectivity index (χ1) is 10.1. The summed E-state index contributed by atoms with van der Waals surface area (Å²) in [6.45, 7) is 2.71. The van der Waals surface area contributed by atoms with Crippen LogP contribution >= 0.6 is 11.6 Å². The van der Waals surface area contributed by atoms with Gasteiger partial charge in [0.05, 0.1) is 0 Å². The van der Waals surface area contributed by atoms with E-state index in [9.17, 15) is 0 Å². The maximum atomic E-state index is 6.02. The van der Waals surface area contributed by atoms with Crippen LogP contribution in [0.3, 0.4) is 0 Å². The number of halogens is 1. The van der Waals surface area contributed by atoms with Gasteiger partial charge in [0.25, 0.3) is 0 Å². The fourth-order valence-corrected chi connectivity index (χ4v) is 2.45. The van der Waals surface area contributed by atoms with E-state index < -0.39 is 0 Å². The first-order valence-corrected chi connectivity index (χ1v) is 7.14. The number of nitrogens with two attached hydrogens (primary N) is 1. The van der Waals surface area contributed by atoms with Crippen molar-refractivity contribution in [2.45, 2.75) is 13.5 Å². The molecule has 21 heavy (non-hydrogen) atoms. The van der Waals surface area contributed by atoms with Gasteiger partial charge in [-0.25, -0.2) is 0 Å². The van der Waals surface area contributed by atoms with Gasteiger partial charge in [0, 0.05) is 45.6 Å². The SMILES string of the molecule is Cc1cc2c(NCc3ccc(Cl)cc3)ccc(N)c2cn1. The summed E-state index contributed by atoms with van der Waals surface area (Å²) in [6.07, 6.45) is 1.83. The van der Waals surface area contributed by atoms with Crippen LogP contribution in [0.2, 0.25) is 5.02 Å². The lowest BCUT2D eigenvalue weighted by Gasteiger charge is -2.12. The predicted molar refractivity (Wildman–Crippen MR) is 89.7 cm³/mol. The van der Waals surface area contributed by atoms with E-state index in [1.165, 1.54) is 5.56 Å². The quantitative estimate of drug-likeness (QED) is 0.705. The van der Waals surface area contributed by atoms with Crippen LogP contribution in [-0.4, -0.2) is 4.98 Å². The Morgan fingerprint density at radius 1 is 1.10 bits per heavy atom. The molecule has 0 fully saturated rings. The zero-order chi connectivity index (χ0) is 14.8. The average Bonchev–Trinajstić information content (AvgIpc) is 2.48. The highest BCUT2D eigenvalue weighted by Crippen LogP contribution is 2.28. The number of hydrogen-bond donors (Lipinski definition) is 2. The Morgan fingerprint density at radius 3 is 2.62 bits per heavy atom. The van der Waals surface area contributed by atoms with Crippen LogP contribution in [0.1, 0.15) is 11.3 Å². The average molecular weight is 298 g/mol. The highest BCUT2D eigenvalue weighted by Gasteiger charge is 2.05. The van der Waals surface area contributed by atoms with Crippen molar-refractivity contribution < 1.29 is 0 Å². The Hall–Kier alpha value is -2.26. The molecule has 0 radical (unpaired) electrons. The minimum absolute atomic E-state index is 0.734. The minimum Gasteiger partial charge on any atom is -0.398 e. The second kappa shape index (κ2) is 5.62. The molecule has 0 atom stereocenters. The third-order valence-corrected chi connectivity index (χ3v) is 3.72. The van der Waals surface area contributed by atoms with Gasteiger partial charge in [-0.2, -0.15) is 0 Å². The number of hydrogen-bond acceptors (Lipinski definition) is 3. The van der Waals surface area contributed by atoms with Gasteiger partial charge in [0.1, 0.15) is 0 Å². The third-order valence-electron chi connectivity index (χ3n) is 3.47. The van der Waals surface area contributed by atoms with Gasteiger partial charge >= 0.3 is 0 Å². The number of anilines is 2. The number of rotatable bonds is 3. The predicted octanol–water partition coefficient (Wildman–Crippen LogP) is 4.39. The van der Waals surface area contributed by atoms with E-state index in [2.05, 4.69) is 16.4 Å². The van der Waals surface area contributed by atoms with E-state index in [1.54, 1.807) is 0 Å². The normalized spacial score (nSPS) is 10.8. The standard InChI is InChI=1S/C17H16ClN3/c1-11-8-14-15(10-20-11)16(19)6-7-17(14)21-9-12-2-4-13(18)5-3-12/h2-8,10,21H,9,19H2,1H3. The molecule has 0 aliphatic rings. The lowest BCUT2D eigenvalue weighted by atomic mass is 10.1. The third kappa shape index (κ3) is 2.93. The van der Waals surface area contributed by atoms with Crippen molar-refractivity contribution in [3.8, 4) is 0 Å². The van der Waals surface area contributed by atoms with Crippen LogP contribution in [0.15, 0.2) is 48.7 Å². The molecule has 0 bridgehead atoms. The Bertz CT molecular complexity index is 782. The van der Waals surface area contributed by atoms with Crippen LogP contribution in [0.4, 0.5) is 11.4 Å². The van der Waals surface area contributed by atoms with Gasteiger partial charge in [-0.15, -0.1) is 0 Å². The van der Waals surface area contributed by atoms with Crippen LogP contribution in [-0.2, 0) is 6.54 Å². The lowest BCUT2D eigenvalue weighted by molar-refractivity contribution is 1.15. The number of aromatic nitrogens is 1. The first-order valence-electron chi connectivity index (χ1n) is 6.76. The summed E-state index contributed by atoms with van der Waals surface area (Å²) in [6, 6.07) is 13.8. The molecule has 3 nitrogen and oxygen atoms in total. The molecule has 3 N–H and O–H groups in total. The van der Waals surface area contributed by atoms with E-state index in [0.717, 1.165) is 39.4 Å². The maximum Gasteiger partial charge on any atom is 0.0425 e. The molecule has 3 rings (SSSR count). The fourth-order valence-electron chi connectivity index (χ4n) is 2.32. The molecule has 0 saturated carbocycles. The molecule has 0 spiro atoms. The minimum atomic E-state index is 0.734. The molecule has 2 aromatic carbocycles. The maximum absolute atomic E-state index is 6.02. The Labute approximate surface area is 128 Å². The Balaban J connectivity index is 1.91. The van der Waals surface area contributed by atoms with E-state index in [-0.39, 0.29) is 0 Å². The number of benzene rings is 2. The molecule has 0 unspecified atom stereocenters. The first kappa shape index (κ1) is 13.7. The van der Waals surface area contributed by atoms with Gasteiger partial charge < -0.3 is 11.1 Å². The molecule has 1 aromatic heterocycles. The van der Waals surface area contributed by atoms with Crippen LogP contribution < -0.4 is 11.1 Å². The number of fused-ring (bicyclic) bond motifs is 1. The molecule has 0 aliphatic carbocycles. The van der Waals surface area contributed by atoms with Crippen LogP contribution in [0.25, 0.3) is 10.8 Å². The molecular formula is C17H16ClN3. The summed E-state index contributed by atoms with van der Waals surface area (Å²) < 4.78 is 0. The molecular weight excluding hydrogens is 282 g/mol. The monoisotopic (exact) mass is 297 g/mol. The second-order valence-electron chi connectivity index (χ2n) is 5.05. The van der Waals surface area contributed by atoms with Gasteiger partial charge in [-0.05, 0) is 42.8 Å². The van der Waals surface area contributed by atoms with Gasteiger partial charge in [0.15, 0.2) is 0 Å². The van der Waals surface area contributed by atoms with Crippen molar-refractivity contribution in [1.82, 2.24) is 4.98 Å². The van der Waals surface area contributed by atoms with Crippen molar-refractivity contribution in [2.75, 3.05) is 11.1 Å². The molecule has 4 heteroatoms. The molecule has 1 heterocycles. The zero-order valence-electron chi connectivity index (χ0n) is 11.7. The molecule has 106 valence electrons. The summed E-state index contributed by atoms with van der Waals surface area (Å²) in [4.78, 5) is 4.31. The van der Waals surface area contributed by atoms with E-state index in [0.29, 0.717) is 0 Å². The van der Waals surface area contributed by atoms with Crippen molar-refractivity contribution in [2.24, 2.45) is 0 Å².